The van der Waals surface area contributed by atoms with Crippen LogP contribution in [0, 0.1) is 5.82 Å². The van der Waals surface area contributed by atoms with E-state index >= 15 is 0 Å². The number of hydrogen-bond acceptors (Lipinski definition) is 3. The van der Waals surface area contributed by atoms with Gasteiger partial charge in [-0.05, 0) is 53.6 Å². The number of aromatic hydroxyl groups is 1. The monoisotopic (exact) mass is 458 g/mol. The Hall–Kier alpha value is -2.21. The molecule has 0 saturated carbocycles. The molecule has 3 nitrogen and oxygen atoms in total. The molecule has 0 aliphatic carbocycles. The Morgan fingerprint density at radius 1 is 1.04 bits per heavy atom. The molecule has 6 heteroatoms. The van der Waals surface area contributed by atoms with Gasteiger partial charge in [-0.25, -0.2) is 4.39 Å². The van der Waals surface area contributed by atoms with Crippen LogP contribution in [0.5, 0.6) is 5.75 Å². The number of rotatable bonds is 3. The van der Waals surface area contributed by atoms with E-state index in [1.807, 2.05) is 30.3 Å². The molecular formula is C22H17BrClFN2O. The summed E-state index contributed by atoms with van der Waals surface area (Å²) in [7, 11) is 0. The maximum atomic E-state index is 13.4. The lowest BCUT2D eigenvalue weighted by molar-refractivity contribution is 0.412. The second-order valence-electron chi connectivity index (χ2n) is 6.66. The molecule has 2 atom stereocenters. The van der Waals surface area contributed by atoms with E-state index in [1.54, 1.807) is 24.3 Å². The number of benzene rings is 3. The first kappa shape index (κ1) is 19.1. The molecule has 0 radical (unpaired) electrons. The van der Waals surface area contributed by atoms with Crippen molar-refractivity contribution < 1.29 is 9.50 Å². The van der Waals surface area contributed by atoms with E-state index in [-0.39, 0.29) is 23.8 Å². The molecule has 0 unspecified atom stereocenters. The molecule has 0 saturated heterocycles. The average Bonchev–Trinajstić information content (AvgIpc) is 2.70. The summed E-state index contributed by atoms with van der Waals surface area (Å²) in [6.45, 7) is 0. The number of nitrogens with one attached hydrogen (secondary N) is 1. The predicted octanol–water partition coefficient (Wildman–Crippen LogP) is 6.17. The lowest BCUT2D eigenvalue weighted by Crippen LogP contribution is -2.33. The number of aliphatic imine (C=N–C) groups is 1. The van der Waals surface area contributed by atoms with Crippen LogP contribution in [0.2, 0.25) is 5.02 Å². The van der Waals surface area contributed by atoms with Gasteiger partial charge in [-0.1, -0.05) is 51.8 Å². The lowest BCUT2D eigenvalue weighted by atomic mass is 9.93. The Morgan fingerprint density at radius 2 is 1.75 bits per heavy atom. The number of nitrogens with zero attached hydrogens (tertiary/aromatic N) is 1. The van der Waals surface area contributed by atoms with Gasteiger partial charge in [0.05, 0.1) is 0 Å². The third-order valence-electron chi connectivity index (χ3n) is 4.77. The molecule has 3 aromatic rings. The Balaban J connectivity index is 1.76. The highest BCUT2D eigenvalue weighted by molar-refractivity contribution is 9.10. The lowest BCUT2D eigenvalue weighted by Gasteiger charge is -2.31. The number of phenolic OH excluding ortho intramolecular Hbond substituents is 1. The van der Waals surface area contributed by atoms with Crippen LogP contribution in [-0.2, 0) is 0 Å². The Morgan fingerprint density at radius 3 is 2.46 bits per heavy atom. The second kappa shape index (κ2) is 8.03. The fraction of sp³-hybridized carbons (Fsp3) is 0.136. The van der Waals surface area contributed by atoms with Crippen molar-refractivity contribution in [3.8, 4) is 5.75 Å². The van der Waals surface area contributed by atoms with Crippen molar-refractivity contribution in [1.82, 2.24) is 5.32 Å². The van der Waals surface area contributed by atoms with Crippen LogP contribution in [0.25, 0.3) is 0 Å². The molecule has 1 aliphatic rings. The normalized spacial score (nSPS) is 19.3. The molecule has 0 spiro atoms. The minimum atomic E-state index is -0.358. The minimum absolute atomic E-state index is 0.157. The molecular weight excluding hydrogens is 443 g/mol. The quantitative estimate of drug-likeness (QED) is 0.492. The SMILES string of the molecule is Oc1ccc(Br)cc1[C@H]1CC(c2ccc(Cl)cc2)=N[C@H](c2ccc(F)cc2)N1. The van der Waals surface area contributed by atoms with Crippen molar-refractivity contribution in [2.75, 3.05) is 0 Å². The molecule has 142 valence electrons. The Labute approximate surface area is 176 Å². The van der Waals surface area contributed by atoms with E-state index in [1.165, 1.54) is 12.1 Å². The van der Waals surface area contributed by atoms with E-state index in [4.69, 9.17) is 16.6 Å². The van der Waals surface area contributed by atoms with Crippen LogP contribution in [0.3, 0.4) is 0 Å². The smallest absolute Gasteiger partial charge is 0.126 e. The first-order valence-electron chi connectivity index (χ1n) is 8.82. The molecule has 4 rings (SSSR count). The van der Waals surface area contributed by atoms with Crippen LogP contribution in [0.4, 0.5) is 4.39 Å². The van der Waals surface area contributed by atoms with Crippen LogP contribution < -0.4 is 5.32 Å². The Kier molecular flexibility index (Phi) is 5.49. The van der Waals surface area contributed by atoms with E-state index in [9.17, 15) is 9.50 Å². The molecule has 1 aliphatic heterocycles. The fourth-order valence-electron chi connectivity index (χ4n) is 3.34. The molecule has 0 bridgehead atoms. The first-order chi connectivity index (χ1) is 13.5. The highest BCUT2D eigenvalue weighted by atomic mass is 79.9. The van der Waals surface area contributed by atoms with Gasteiger partial charge in [-0.3, -0.25) is 10.3 Å². The van der Waals surface area contributed by atoms with Gasteiger partial charge in [0, 0.05) is 33.2 Å². The van der Waals surface area contributed by atoms with Gasteiger partial charge in [0.2, 0.25) is 0 Å². The molecule has 28 heavy (non-hydrogen) atoms. The third kappa shape index (κ3) is 4.12. The van der Waals surface area contributed by atoms with Crippen molar-refractivity contribution in [3.05, 3.63) is 98.7 Å². The topological polar surface area (TPSA) is 44.6 Å². The van der Waals surface area contributed by atoms with Crippen molar-refractivity contribution in [3.63, 3.8) is 0 Å². The van der Waals surface area contributed by atoms with Crippen molar-refractivity contribution in [2.24, 2.45) is 4.99 Å². The Bertz CT molecular complexity index is 1020. The average molecular weight is 460 g/mol. The molecule has 1 heterocycles. The van der Waals surface area contributed by atoms with Gasteiger partial charge in [0.25, 0.3) is 0 Å². The van der Waals surface area contributed by atoms with Crippen LogP contribution >= 0.6 is 27.5 Å². The standard InChI is InChI=1S/C22H17BrClFN2O/c23-15-5-10-21(28)18(11-15)20-12-19(13-1-6-16(24)7-2-13)26-22(27-20)14-3-8-17(25)9-4-14/h1-11,20,22,27-28H,12H2/t20-,22+/m1/s1. The van der Waals surface area contributed by atoms with E-state index in [0.717, 1.165) is 26.9 Å². The van der Waals surface area contributed by atoms with Crippen LogP contribution in [-0.4, -0.2) is 10.8 Å². The molecule has 0 aromatic heterocycles. The zero-order valence-electron chi connectivity index (χ0n) is 14.7. The second-order valence-corrected chi connectivity index (χ2v) is 8.02. The zero-order valence-corrected chi connectivity index (χ0v) is 17.1. The zero-order chi connectivity index (χ0) is 19.7. The number of phenols is 1. The number of hydrogen-bond donors (Lipinski definition) is 2. The van der Waals surface area contributed by atoms with Gasteiger partial charge >= 0.3 is 0 Å². The summed E-state index contributed by atoms with van der Waals surface area (Å²) in [5.41, 5.74) is 3.50. The summed E-state index contributed by atoms with van der Waals surface area (Å²) in [5, 5.41) is 14.5. The van der Waals surface area contributed by atoms with Gasteiger partial charge in [0.15, 0.2) is 0 Å². The first-order valence-corrected chi connectivity index (χ1v) is 9.99. The van der Waals surface area contributed by atoms with Crippen molar-refractivity contribution >= 4 is 33.2 Å². The maximum absolute atomic E-state index is 13.4. The minimum Gasteiger partial charge on any atom is -0.508 e. The number of halogens is 3. The van der Waals surface area contributed by atoms with Crippen molar-refractivity contribution in [2.45, 2.75) is 18.6 Å². The third-order valence-corrected chi connectivity index (χ3v) is 5.51. The largest absolute Gasteiger partial charge is 0.508 e. The summed E-state index contributed by atoms with van der Waals surface area (Å²) in [5.74, 6) is -0.0708. The summed E-state index contributed by atoms with van der Waals surface area (Å²) >= 11 is 9.50. The summed E-state index contributed by atoms with van der Waals surface area (Å²) < 4.78 is 14.3. The molecule has 0 amide bonds. The summed E-state index contributed by atoms with van der Waals surface area (Å²) in [6, 6.07) is 19.0. The van der Waals surface area contributed by atoms with Gasteiger partial charge < -0.3 is 5.11 Å². The van der Waals surface area contributed by atoms with E-state index in [2.05, 4.69) is 21.2 Å². The summed E-state index contributed by atoms with van der Waals surface area (Å²) in [6.07, 6.45) is 0.243. The van der Waals surface area contributed by atoms with Crippen LogP contribution in [0.1, 0.15) is 35.3 Å². The summed E-state index contributed by atoms with van der Waals surface area (Å²) in [4.78, 5) is 4.86. The van der Waals surface area contributed by atoms with Gasteiger partial charge in [-0.2, -0.15) is 0 Å². The van der Waals surface area contributed by atoms with Gasteiger partial charge in [0.1, 0.15) is 17.7 Å². The van der Waals surface area contributed by atoms with E-state index in [0.29, 0.717) is 11.4 Å². The van der Waals surface area contributed by atoms with E-state index < -0.39 is 0 Å². The highest BCUT2D eigenvalue weighted by Gasteiger charge is 2.27. The van der Waals surface area contributed by atoms with Crippen molar-refractivity contribution in [1.29, 1.82) is 0 Å². The molecule has 3 aromatic carbocycles. The van der Waals surface area contributed by atoms with Gasteiger partial charge in [-0.15, -0.1) is 0 Å². The predicted molar refractivity (Wildman–Crippen MR) is 113 cm³/mol. The fourth-order valence-corrected chi connectivity index (χ4v) is 3.85. The molecule has 0 fully saturated rings. The maximum Gasteiger partial charge on any atom is 0.126 e. The molecule has 2 N–H and O–H groups in total. The highest BCUT2D eigenvalue weighted by Crippen LogP contribution is 2.36. The van der Waals surface area contributed by atoms with Crippen LogP contribution in [0.15, 0.2) is 76.2 Å².